The van der Waals surface area contributed by atoms with Gasteiger partial charge in [-0.05, 0) is 12.1 Å². The van der Waals surface area contributed by atoms with Gasteiger partial charge in [0.15, 0.2) is 0 Å². The molecule has 0 aromatic carbocycles. The van der Waals surface area contributed by atoms with Gasteiger partial charge in [-0.25, -0.2) is 4.98 Å². The molecule has 0 spiro atoms. The van der Waals surface area contributed by atoms with Gasteiger partial charge in [-0.3, -0.25) is 9.59 Å². The molecule has 0 aliphatic rings. The first kappa shape index (κ1) is 12.8. The molecule has 0 atom stereocenters. The molecule has 0 aliphatic heterocycles. The van der Waals surface area contributed by atoms with Crippen LogP contribution < -0.4 is 15.6 Å². The highest BCUT2D eigenvalue weighted by Crippen LogP contribution is 2.10. The smallest absolute Gasteiger partial charge is 0.250 e. The Balaban J connectivity index is 2.01. The monoisotopic (exact) mass is 259 g/mol. The van der Waals surface area contributed by atoms with E-state index in [1.54, 1.807) is 30.5 Å². The van der Waals surface area contributed by atoms with Gasteiger partial charge in [0.25, 0.3) is 5.56 Å². The van der Waals surface area contributed by atoms with Crippen LogP contribution in [0.1, 0.15) is 0 Å². The fourth-order valence-corrected chi connectivity index (χ4v) is 1.52. The molecule has 0 radical (unpaired) electrons. The van der Waals surface area contributed by atoms with Crippen LogP contribution in [0, 0.1) is 0 Å². The van der Waals surface area contributed by atoms with Crippen LogP contribution >= 0.6 is 0 Å². The van der Waals surface area contributed by atoms with Crippen LogP contribution in [0.2, 0.25) is 0 Å². The molecule has 2 aromatic heterocycles. The fourth-order valence-electron chi connectivity index (χ4n) is 1.52. The van der Waals surface area contributed by atoms with Gasteiger partial charge >= 0.3 is 0 Å². The molecule has 2 aromatic rings. The number of ether oxygens (including phenoxy) is 1. The Bertz CT molecular complexity index is 620. The van der Waals surface area contributed by atoms with E-state index in [0.29, 0.717) is 11.6 Å². The zero-order valence-corrected chi connectivity index (χ0v) is 10.4. The summed E-state index contributed by atoms with van der Waals surface area (Å²) in [6.45, 7) is -0.0360. The number of anilines is 1. The molecule has 98 valence electrons. The first-order valence-electron chi connectivity index (χ1n) is 5.64. The largest absolute Gasteiger partial charge is 0.481 e. The van der Waals surface area contributed by atoms with E-state index in [2.05, 4.69) is 10.3 Å². The molecular weight excluding hydrogens is 246 g/mol. The summed E-state index contributed by atoms with van der Waals surface area (Å²) < 4.78 is 6.24. The van der Waals surface area contributed by atoms with Crippen molar-refractivity contribution in [3.05, 3.63) is 53.1 Å². The number of nitrogens with one attached hydrogen (secondary N) is 1. The van der Waals surface area contributed by atoms with Gasteiger partial charge in [-0.15, -0.1) is 0 Å². The van der Waals surface area contributed by atoms with Gasteiger partial charge in [-0.2, -0.15) is 0 Å². The Morgan fingerprint density at radius 2 is 2.21 bits per heavy atom. The summed E-state index contributed by atoms with van der Waals surface area (Å²) in [6.07, 6.45) is 3.05. The number of hydrogen-bond donors (Lipinski definition) is 1. The van der Waals surface area contributed by atoms with Gasteiger partial charge in [0.1, 0.15) is 6.54 Å². The van der Waals surface area contributed by atoms with E-state index in [0.717, 1.165) is 0 Å². The van der Waals surface area contributed by atoms with Crippen molar-refractivity contribution in [3.8, 4) is 5.88 Å². The van der Waals surface area contributed by atoms with Crippen LogP contribution in [0.5, 0.6) is 5.88 Å². The third-order valence-corrected chi connectivity index (χ3v) is 2.44. The maximum Gasteiger partial charge on any atom is 0.250 e. The van der Waals surface area contributed by atoms with Crippen molar-refractivity contribution >= 4 is 11.6 Å². The van der Waals surface area contributed by atoms with Crippen LogP contribution in [0.4, 0.5) is 5.69 Å². The topological polar surface area (TPSA) is 73.2 Å². The number of nitrogens with zero attached hydrogens (tertiary/aromatic N) is 2. The molecule has 0 saturated carbocycles. The summed E-state index contributed by atoms with van der Waals surface area (Å²) in [5.74, 6) is 0.178. The highest BCUT2D eigenvalue weighted by Gasteiger charge is 2.05. The molecule has 6 heteroatoms. The number of rotatable bonds is 4. The van der Waals surface area contributed by atoms with Gasteiger partial charge in [0.05, 0.1) is 19.0 Å². The van der Waals surface area contributed by atoms with Crippen molar-refractivity contribution in [2.45, 2.75) is 6.54 Å². The molecule has 1 N–H and O–H groups in total. The second-order valence-electron chi connectivity index (χ2n) is 3.80. The lowest BCUT2D eigenvalue weighted by atomic mass is 10.4. The Kier molecular flexibility index (Phi) is 3.92. The number of aromatic nitrogens is 2. The standard InChI is InChI=1S/C13H13N3O3/c1-19-12-6-5-10(8-14-12)15-11(17)9-16-7-3-2-4-13(16)18/h2-8H,9H2,1H3,(H,15,17). The average Bonchev–Trinajstić information content (AvgIpc) is 2.42. The van der Waals surface area contributed by atoms with Crippen LogP contribution in [-0.2, 0) is 11.3 Å². The molecule has 0 bridgehead atoms. The molecular formula is C13H13N3O3. The van der Waals surface area contributed by atoms with Gasteiger partial charge < -0.3 is 14.6 Å². The zero-order chi connectivity index (χ0) is 13.7. The second-order valence-corrected chi connectivity index (χ2v) is 3.80. The molecule has 2 rings (SSSR count). The van der Waals surface area contributed by atoms with E-state index < -0.39 is 0 Å². The number of carbonyl (C=O) groups excluding carboxylic acids is 1. The summed E-state index contributed by atoms with van der Waals surface area (Å²) in [5, 5.41) is 2.65. The van der Waals surface area contributed by atoms with Gasteiger partial charge in [0.2, 0.25) is 11.8 Å². The number of pyridine rings is 2. The lowest BCUT2D eigenvalue weighted by Gasteiger charge is -2.07. The highest BCUT2D eigenvalue weighted by molar-refractivity contribution is 5.90. The van der Waals surface area contributed by atoms with Gasteiger partial charge in [-0.1, -0.05) is 6.07 Å². The molecule has 0 saturated heterocycles. The van der Waals surface area contributed by atoms with E-state index in [1.165, 1.54) is 23.9 Å². The predicted octanol–water partition coefficient (Wildman–Crippen LogP) is 0.891. The quantitative estimate of drug-likeness (QED) is 0.885. The van der Waals surface area contributed by atoms with Crippen LogP contribution in [0.25, 0.3) is 0 Å². The highest BCUT2D eigenvalue weighted by atomic mass is 16.5. The Morgan fingerprint density at radius 3 is 2.84 bits per heavy atom. The maximum absolute atomic E-state index is 11.8. The predicted molar refractivity (Wildman–Crippen MR) is 70.1 cm³/mol. The van der Waals surface area contributed by atoms with E-state index in [4.69, 9.17) is 4.74 Å². The Hall–Kier alpha value is -2.63. The summed E-state index contributed by atoms with van der Waals surface area (Å²) in [6, 6.07) is 8.05. The van der Waals surface area contributed by atoms with E-state index in [-0.39, 0.29) is 18.0 Å². The van der Waals surface area contributed by atoms with E-state index >= 15 is 0 Å². The summed E-state index contributed by atoms with van der Waals surface area (Å²) >= 11 is 0. The third kappa shape index (κ3) is 3.41. The molecule has 2 heterocycles. The van der Waals surface area contributed by atoms with Crippen LogP contribution in [0.3, 0.4) is 0 Å². The Labute approximate surface area is 109 Å². The van der Waals surface area contributed by atoms with E-state index in [1.807, 2.05) is 0 Å². The number of methoxy groups -OCH3 is 1. The molecule has 19 heavy (non-hydrogen) atoms. The van der Waals surface area contributed by atoms with E-state index in [9.17, 15) is 9.59 Å². The first-order valence-corrected chi connectivity index (χ1v) is 5.64. The van der Waals surface area contributed by atoms with Crippen molar-refractivity contribution in [2.24, 2.45) is 0 Å². The lowest BCUT2D eigenvalue weighted by Crippen LogP contribution is -2.26. The Morgan fingerprint density at radius 1 is 1.37 bits per heavy atom. The van der Waals surface area contributed by atoms with Gasteiger partial charge in [0, 0.05) is 18.3 Å². The summed E-state index contributed by atoms with van der Waals surface area (Å²) in [4.78, 5) is 27.2. The molecule has 0 unspecified atom stereocenters. The minimum Gasteiger partial charge on any atom is -0.481 e. The fraction of sp³-hybridized carbons (Fsp3) is 0.154. The average molecular weight is 259 g/mol. The lowest BCUT2D eigenvalue weighted by molar-refractivity contribution is -0.116. The molecule has 1 amide bonds. The van der Waals surface area contributed by atoms with Crippen LogP contribution in [-0.4, -0.2) is 22.6 Å². The SMILES string of the molecule is COc1ccc(NC(=O)Cn2ccccc2=O)cn1. The minimum absolute atomic E-state index is 0.0360. The second kappa shape index (κ2) is 5.81. The molecule has 0 aliphatic carbocycles. The summed E-state index contributed by atoms with van der Waals surface area (Å²) in [7, 11) is 1.52. The zero-order valence-electron chi connectivity index (χ0n) is 10.4. The third-order valence-electron chi connectivity index (χ3n) is 2.44. The molecule has 6 nitrogen and oxygen atoms in total. The number of hydrogen-bond acceptors (Lipinski definition) is 4. The van der Waals surface area contributed by atoms with Crippen molar-refractivity contribution in [2.75, 3.05) is 12.4 Å². The summed E-state index contributed by atoms with van der Waals surface area (Å²) in [5.41, 5.74) is 0.334. The first-order chi connectivity index (χ1) is 9.19. The number of amides is 1. The van der Waals surface area contributed by atoms with Crippen LogP contribution in [0.15, 0.2) is 47.5 Å². The minimum atomic E-state index is -0.291. The number of carbonyl (C=O) groups is 1. The van der Waals surface area contributed by atoms with Crippen molar-refractivity contribution < 1.29 is 9.53 Å². The van der Waals surface area contributed by atoms with Crippen molar-refractivity contribution in [3.63, 3.8) is 0 Å². The normalized spacial score (nSPS) is 9.95. The maximum atomic E-state index is 11.8. The molecule has 0 fully saturated rings. The van der Waals surface area contributed by atoms with Crippen molar-refractivity contribution in [1.29, 1.82) is 0 Å². The van der Waals surface area contributed by atoms with Crippen molar-refractivity contribution in [1.82, 2.24) is 9.55 Å².